The molecule has 24 heavy (non-hydrogen) atoms. The topological polar surface area (TPSA) is 69.6 Å². The minimum atomic E-state index is -4.84. The van der Waals surface area contributed by atoms with Crippen molar-refractivity contribution in [2.24, 2.45) is 5.41 Å². The number of amides is 2. The molecule has 140 valence electrons. The molecule has 1 fully saturated rings. The van der Waals surface area contributed by atoms with Crippen molar-refractivity contribution in [2.75, 3.05) is 26.2 Å². The van der Waals surface area contributed by atoms with Gasteiger partial charge < -0.3 is 15.3 Å². The Bertz CT molecular complexity index is 413. The summed E-state index contributed by atoms with van der Waals surface area (Å²) >= 11 is 0. The van der Waals surface area contributed by atoms with Crippen molar-refractivity contribution in [2.45, 2.75) is 58.0 Å². The van der Waals surface area contributed by atoms with E-state index < -0.39 is 12.1 Å². The maximum atomic E-state index is 12.1. The van der Waals surface area contributed by atoms with Crippen molar-refractivity contribution in [3.05, 3.63) is 0 Å². The summed E-state index contributed by atoms with van der Waals surface area (Å²) in [5.41, 5.74) is -0.0620. The number of aliphatic hydroxyl groups excluding tert-OH is 1. The molecule has 0 aromatic rings. The van der Waals surface area contributed by atoms with Crippen LogP contribution < -0.4 is 5.32 Å². The average Bonchev–Trinajstić information content (AvgIpc) is 2.56. The fraction of sp³-hybridized carbons (Fsp3) is 0.875. The van der Waals surface area contributed by atoms with Crippen LogP contribution >= 0.6 is 0 Å². The maximum absolute atomic E-state index is 12.1. The average molecular weight is 352 g/mol. The highest BCUT2D eigenvalue weighted by Gasteiger charge is 2.38. The van der Waals surface area contributed by atoms with Gasteiger partial charge in [-0.05, 0) is 37.5 Å². The van der Waals surface area contributed by atoms with Gasteiger partial charge in [0.15, 0.2) is 0 Å². The Morgan fingerprint density at radius 3 is 2.29 bits per heavy atom. The first-order valence-electron chi connectivity index (χ1n) is 8.48. The smallest absolute Gasteiger partial charge is 0.396 e. The highest BCUT2D eigenvalue weighted by molar-refractivity contribution is 5.81. The van der Waals surface area contributed by atoms with E-state index in [1.807, 2.05) is 12.2 Å². The summed E-state index contributed by atoms with van der Waals surface area (Å²) in [6.07, 6.45) is -0.375. The molecule has 5 nitrogen and oxygen atoms in total. The standard InChI is InChI=1S/C16H27F3N2O3/c1-2-15(12-22)7-10-21(11-8-15)13(23)6-4-3-5-9-20-14(24)16(17,18)19/h22H,2-12H2,1H3,(H,20,24). The van der Waals surface area contributed by atoms with E-state index in [1.165, 1.54) is 0 Å². The third-order valence-electron chi connectivity index (χ3n) is 4.87. The predicted octanol–water partition coefficient (Wildman–Crippen LogP) is 2.24. The van der Waals surface area contributed by atoms with Crippen LogP contribution in [0.25, 0.3) is 0 Å². The van der Waals surface area contributed by atoms with Gasteiger partial charge in [-0.1, -0.05) is 13.3 Å². The van der Waals surface area contributed by atoms with Gasteiger partial charge >= 0.3 is 12.1 Å². The van der Waals surface area contributed by atoms with Crippen LogP contribution in [0.4, 0.5) is 13.2 Å². The summed E-state index contributed by atoms with van der Waals surface area (Å²) < 4.78 is 35.9. The van der Waals surface area contributed by atoms with E-state index in [2.05, 4.69) is 0 Å². The number of halogens is 3. The lowest BCUT2D eigenvalue weighted by atomic mass is 9.77. The van der Waals surface area contributed by atoms with E-state index in [9.17, 15) is 27.9 Å². The third-order valence-corrected chi connectivity index (χ3v) is 4.87. The fourth-order valence-corrected chi connectivity index (χ4v) is 2.89. The van der Waals surface area contributed by atoms with E-state index >= 15 is 0 Å². The third kappa shape index (κ3) is 6.30. The van der Waals surface area contributed by atoms with Gasteiger partial charge in [-0.15, -0.1) is 0 Å². The molecule has 0 aliphatic carbocycles. The van der Waals surface area contributed by atoms with Gasteiger partial charge in [0, 0.05) is 32.7 Å². The SMILES string of the molecule is CCC1(CO)CCN(C(=O)CCCCCNC(=O)C(F)(F)F)CC1. The summed E-state index contributed by atoms with van der Waals surface area (Å²) in [6.45, 7) is 3.45. The number of hydrogen-bond acceptors (Lipinski definition) is 3. The number of rotatable bonds is 8. The molecule has 1 saturated heterocycles. The second-order valence-electron chi connectivity index (χ2n) is 6.46. The molecule has 1 aliphatic heterocycles. The van der Waals surface area contributed by atoms with E-state index in [4.69, 9.17) is 0 Å². The van der Waals surface area contributed by atoms with E-state index in [-0.39, 0.29) is 24.5 Å². The van der Waals surface area contributed by atoms with Crippen LogP contribution in [0, 0.1) is 5.41 Å². The van der Waals surface area contributed by atoms with Crippen LogP contribution in [0.2, 0.25) is 0 Å². The molecule has 8 heteroatoms. The second-order valence-corrected chi connectivity index (χ2v) is 6.46. The van der Waals surface area contributed by atoms with Crippen LogP contribution in [-0.2, 0) is 9.59 Å². The monoisotopic (exact) mass is 352 g/mol. The summed E-state index contributed by atoms with van der Waals surface area (Å²) in [5, 5.41) is 11.3. The van der Waals surface area contributed by atoms with Crippen LogP contribution in [0.1, 0.15) is 51.9 Å². The molecule has 0 spiro atoms. The number of carbonyl (C=O) groups excluding carboxylic acids is 2. The van der Waals surface area contributed by atoms with Gasteiger partial charge in [0.1, 0.15) is 0 Å². The van der Waals surface area contributed by atoms with E-state index in [1.54, 1.807) is 4.90 Å². The Morgan fingerprint density at radius 1 is 1.17 bits per heavy atom. The molecule has 1 aliphatic rings. The Morgan fingerprint density at radius 2 is 1.79 bits per heavy atom. The van der Waals surface area contributed by atoms with Crippen LogP contribution in [0.5, 0.6) is 0 Å². The lowest BCUT2D eigenvalue weighted by molar-refractivity contribution is -0.173. The van der Waals surface area contributed by atoms with Crippen LogP contribution in [0.15, 0.2) is 0 Å². The summed E-state index contributed by atoms with van der Waals surface area (Å²) in [5.74, 6) is -1.87. The molecule has 0 unspecified atom stereocenters. The molecular weight excluding hydrogens is 325 g/mol. The zero-order chi connectivity index (χ0) is 18.2. The first-order chi connectivity index (χ1) is 11.2. The zero-order valence-corrected chi connectivity index (χ0v) is 14.1. The number of unbranched alkanes of at least 4 members (excludes halogenated alkanes) is 2. The lowest BCUT2D eigenvalue weighted by Gasteiger charge is -2.40. The summed E-state index contributed by atoms with van der Waals surface area (Å²) in [7, 11) is 0. The molecule has 1 rings (SSSR count). The molecule has 0 bridgehead atoms. The van der Waals surface area contributed by atoms with Crippen molar-refractivity contribution in [3.63, 3.8) is 0 Å². The van der Waals surface area contributed by atoms with Crippen molar-refractivity contribution >= 4 is 11.8 Å². The quantitative estimate of drug-likeness (QED) is 0.658. The number of piperidine rings is 1. The maximum Gasteiger partial charge on any atom is 0.471 e. The molecule has 2 amide bonds. The van der Waals surface area contributed by atoms with Crippen LogP contribution in [-0.4, -0.2) is 54.2 Å². The van der Waals surface area contributed by atoms with Gasteiger partial charge in [0.05, 0.1) is 0 Å². The lowest BCUT2D eigenvalue weighted by Crippen LogP contribution is -2.44. The Labute approximate surface area is 140 Å². The van der Waals surface area contributed by atoms with Crippen LogP contribution in [0.3, 0.4) is 0 Å². The molecule has 0 aromatic heterocycles. The van der Waals surface area contributed by atoms with Gasteiger partial charge in [-0.25, -0.2) is 0 Å². The van der Waals surface area contributed by atoms with Crippen molar-refractivity contribution in [1.29, 1.82) is 0 Å². The van der Waals surface area contributed by atoms with Crippen molar-refractivity contribution < 1.29 is 27.9 Å². The minimum Gasteiger partial charge on any atom is -0.396 e. The number of hydrogen-bond donors (Lipinski definition) is 2. The molecular formula is C16H27F3N2O3. The normalized spacial score (nSPS) is 17.6. The Kier molecular flexibility index (Phi) is 7.99. The van der Waals surface area contributed by atoms with Gasteiger partial charge in [-0.2, -0.15) is 13.2 Å². The molecule has 0 atom stereocenters. The van der Waals surface area contributed by atoms with Crippen molar-refractivity contribution in [1.82, 2.24) is 10.2 Å². The molecule has 0 saturated carbocycles. The zero-order valence-electron chi connectivity index (χ0n) is 14.1. The van der Waals surface area contributed by atoms with Gasteiger partial charge in [0.25, 0.3) is 0 Å². The fourth-order valence-electron chi connectivity index (χ4n) is 2.89. The Balaban J connectivity index is 2.14. The van der Waals surface area contributed by atoms with Gasteiger partial charge in [0.2, 0.25) is 5.91 Å². The minimum absolute atomic E-state index is 0.0359. The van der Waals surface area contributed by atoms with E-state index in [0.29, 0.717) is 38.8 Å². The highest BCUT2D eigenvalue weighted by atomic mass is 19.4. The number of aliphatic hydroxyl groups is 1. The highest BCUT2D eigenvalue weighted by Crippen LogP contribution is 2.34. The first kappa shape index (κ1) is 20.7. The number of carbonyl (C=O) groups is 2. The number of alkyl halides is 3. The van der Waals surface area contributed by atoms with E-state index in [0.717, 1.165) is 19.3 Å². The predicted molar refractivity (Wildman–Crippen MR) is 83.2 cm³/mol. The summed E-state index contributed by atoms with van der Waals surface area (Å²) in [6, 6.07) is 0. The largest absolute Gasteiger partial charge is 0.471 e. The first-order valence-corrected chi connectivity index (χ1v) is 8.48. The number of likely N-dealkylation sites (tertiary alicyclic amines) is 1. The van der Waals surface area contributed by atoms with Gasteiger partial charge in [-0.3, -0.25) is 9.59 Å². The Hall–Kier alpha value is -1.31. The number of nitrogens with zero attached hydrogens (tertiary/aromatic N) is 1. The molecule has 1 heterocycles. The molecule has 2 N–H and O–H groups in total. The second kappa shape index (κ2) is 9.25. The molecule has 0 aromatic carbocycles. The van der Waals surface area contributed by atoms with Crippen molar-refractivity contribution in [3.8, 4) is 0 Å². The summed E-state index contributed by atoms with van der Waals surface area (Å²) in [4.78, 5) is 24.5. The number of nitrogens with one attached hydrogen (secondary N) is 1. The molecule has 0 radical (unpaired) electrons.